The van der Waals surface area contributed by atoms with Crippen molar-refractivity contribution < 1.29 is 19.2 Å². The van der Waals surface area contributed by atoms with Crippen molar-refractivity contribution in [1.82, 2.24) is 0 Å². The van der Waals surface area contributed by atoms with Crippen LogP contribution in [0.15, 0.2) is 0 Å². The average molecular weight is 334 g/mol. The molecule has 0 radical (unpaired) electrons. The zero-order valence-corrected chi connectivity index (χ0v) is 13.6. The molecular weight excluding hydrogens is 310 g/mol. The summed E-state index contributed by atoms with van der Waals surface area (Å²) in [4.78, 5) is 21.7. The third-order valence-electron chi connectivity index (χ3n) is 4.86. The number of ether oxygens (including phenoxy) is 2. The molecule has 2 rings (SSSR count). The summed E-state index contributed by atoms with van der Waals surface area (Å²) in [6, 6.07) is -0.446. The number of methoxy groups -OCH3 is 1. The highest BCUT2D eigenvalue weighted by Crippen LogP contribution is 2.33. The van der Waals surface area contributed by atoms with E-state index in [-0.39, 0.29) is 34.3 Å². The van der Waals surface area contributed by atoms with E-state index >= 15 is 0 Å². The van der Waals surface area contributed by atoms with Crippen LogP contribution in [-0.2, 0) is 14.3 Å². The molecule has 0 aromatic heterocycles. The van der Waals surface area contributed by atoms with Crippen LogP contribution in [0.25, 0.3) is 0 Å². The monoisotopic (exact) mass is 333 g/mol. The molecule has 2 aliphatic rings. The largest absolute Gasteiger partial charge is 0.379 e. The Morgan fingerprint density at radius 3 is 2.73 bits per heavy atom. The lowest BCUT2D eigenvalue weighted by molar-refractivity contribution is -0.528. The summed E-state index contributed by atoms with van der Waals surface area (Å²) in [5.41, 5.74) is 0. The first-order chi connectivity index (χ1) is 10.5. The second-order valence-corrected chi connectivity index (χ2v) is 6.99. The molecular formula is C15H24ClNO5. The second-order valence-electron chi connectivity index (χ2n) is 6.43. The summed E-state index contributed by atoms with van der Waals surface area (Å²) in [5.74, 6) is 0.121. The predicted octanol–water partition coefficient (Wildman–Crippen LogP) is 2.44. The Labute approximate surface area is 135 Å². The summed E-state index contributed by atoms with van der Waals surface area (Å²) < 4.78 is 11.4. The Kier molecular flexibility index (Phi) is 6.59. The fourth-order valence-electron chi connectivity index (χ4n) is 3.59. The predicted molar refractivity (Wildman–Crippen MR) is 81.7 cm³/mol. The third kappa shape index (κ3) is 4.40. The number of carbonyl (C=O) groups excluding carboxylic acids is 1. The van der Waals surface area contributed by atoms with Gasteiger partial charge in [0.2, 0.25) is 6.04 Å². The van der Waals surface area contributed by atoms with Crippen LogP contribution in [-0.4, -0.2) is 48.6 Å². The molecule has 0 aromatic rings. The van der Waals surface area contributed by atoms with Crippen LogP contribution in [0.1, 0.15) is 38.5 Å². The molecule has 0 amide bonds. The maximum absolute atomic E-state index is 11.0. The van der Waals surface area contributed by atoms with Crippen molar-refractivity contribution in [2.75, 3.05) is 13.7 Å². The molecule has 0 aromatic carbocycles. The van der Waals surface area contributed by atoms with Crippen LogP contribution in [0.5, 0.6) is 0 Å². The lowest BCUT2D eigenvalue weighted by atomic mass is 9.84. The molecule has 0 aliphatic heterocycles. The first-order valence-electron chi connectivity index (χ1n) is 7.92. The van der Waals surface area contributed by atoms with Gasteiger partial charge >= 0.3 is 0 Å². The Morgan fingerprint density at radius 1 is 1.32 bits per heavy atom. The fourth-order valence-corrected chi connectivity index (χ4v) is 4.05. The van der Waals surface area contributed by atoms with Gasteiger partial charge in [-0.3, -0.25) is 10.1 Å². The first-order valence-corrected chi connectivity index (χ1v) is 8.36. The van der Waals surface area contributed by atoms with Crippen LogP contribution in [0, 0.1) is 22.0 Å². The van der Waals surface area contributed by atoms with E-state index in [0.717, 1.165) is 19.1 Å². The summed E-state index contributed by atoms with van der Waals surface area (Å²) in [6.07, 6.45) is 4.76. The highest BCUT2D eigenvalue weighted by atomic mass is 35.5. The Bertz CT molecular complexity index is 394. The van der Waals surface area contributed by atoms with Crippen LogP contribution in [0.2, 0.25) is 0 Å². The van der Waals surface area contributed by atoms with Gasteiger partial charge < -0.3 is 14.3 Å². The van der Waals surface area contributed by atoms with Crippen molar-refractivity contribution in [3.8, 4) is 0 Å². The first kappa shape index (κ1) is 17.6. The minimum absolute atomic E-state index is 0.0826. The number of hydrogen-bond acceptors (Lipinski definition) is 5. The third-order valence-corrected chi connectivity index (χ3v) is 5.29. The number of nitro groups is 1. The number of carbonyl (C=O) groups is 1. The lowest BCUT2D eigenvalue weighted by Gasteiger charge is -2.37. The molecule has 0 saturated heterocycles. The molecule has 0 spiro atoms. The van der Waals surface area contributed by atoms with E-state index in [0.29, 0.717) is 32.3 Å². The van der Waals surface area contributed by atoms with Gasteiger partial charge in [-0.05, 0) is 31.6 Å². The number of halogens is 1. The molecule has 2 aliphatic carbocycles. The van der Waals surface area contributed by atoms with E-state index in [1.54, 1.807) is 7.11 Å². The second kappa shape index (κ2) is 8.22. The van der Waals surface area contributed by atoms with Crippen molar-refractivity contribution in [3.05, 3.63) is 10.1 Å². The molecule has 22 heavy (non-hydrogen) atoms. The van der Waals surface area contributed by atoms with Crippen molar-refractivity contribution in [2.45, 2.75) is 62.2 Å². The quantitative estimate of drug-likeness (QED) is 0.323. The highest BCUT2D eigenvalue weighted by molar-refractivity contribution is 6.21. The molecule has 0 bridgehead atoms. The smallest absolute Gasteiger partial charge is 0.213 e. The maximum atomic E-state index is 11.0. The normalized spacial score (nSPS) is 39.4. The molecule has 2 fully saturated rings. The van der Waals surface area contributed by atoms with E-state index in [1.165, 1.54) is 0 Å². The summed E-state index contributed by atoms with van der Waals surface area (Å²) in [7, 11) is 1.60. The Morgan fingerprint density at radius 2 is 2.09 bits per heavy atom. The van der Waals surface area contributed by atoms with E-state index in [2.05, 4.69) is 0 Å². The summed E-state index contributed by atoms with van der Waals surface area (Å²) in [5, 5.41) is 10.7. The zero-order valence-electron chi connectivity index (χ0n) is 12.9. The molecule has 7 heteroatoms. The van der Waals surface area contributed by atoms with E-state index in [4.69, 9.17) is 21.1 Å². The lowest BCUT2D eigenvalue weighted by Crippen LogP contribution is -2.46. The Hall–Kier alpha value is -0.720. The molecule has 6 nitrogen and oxygen atoms in total. The Balaban J connectivity index is 1.86. The number of rotatable bonds is 6. The van der Waals surface area contributed by atoms with Gasteiger partial charge in [-0.2, -0.15) is 0 Å². The van der Waals surface area contributed by atoms with Gasteiger partial charge in [0.1, 0.15) is 6.29 Å². The average Bonchev–Trinajstić information content (AvgIpc) is 2.53. The van der Waals surface area contributed by atoms with Crippen LogP contribution in [0.3, 0.4) is 0 Å². The SMILES string of the molecule is COC1CC(C=O)CC(Cl)C1OCC1CCCC([N+](=O)[O-])C1. The molecule has 126 valence electrons. The summed E-state index contributed by atoms with van der Waals surface area (Å²) >= 11 is 6.35. The van der Waals surface area contributed by atoms with Crippen molar-refractivity contribution in [3.63, 3.8) is 0 Å². The number of nitrogens with zero attached hydrogens (tertiary/aromatic N) is 1. The zero-order chi connectivity index (χ0) is 16.1. The van der Waals surface area contributed by atoms with Gasteiger partial charge in [0, 0.05) is 30.8 Å². The number of aldehydes is 1. The molecule has 6 unspecified atom stereocenters. The number of hydrogen-bond donors (Lipinski definition) is 0. The van der Waals surface area contributed by atoms with Crippen molar-refractivity contribution >= 4 is 17.9 Å². The molecule has 6 atom stereocenters. The minimum Gasteiger partial charge on any atom is -0.379 e. The van der Waals surface area contributed by atoms with E-state index in [9.17, 15) is 14.9 Å². The molecule has 0 N–H and O–H groups in total. The van der Waals surface area contributed by atoms with Gasteiger partial charge in [0.05, 0.1) is 24.2 Å². The van der Waals surface area contributed by atoms with E-state index < -0.39 is 6.04 Å². The molecule has 2 saturated carbocycles. The topological polar surface area (TPSA) is 78.7 Å². The van der Waals surface area contributed by atoms with Crippen LogP contribution < -0.4 is 0 Å². The van der Waals surface area contributed by atoms with Crippen LogP contribution in [0.4, 0.5) is 0 Å². The van der Waals surface area contributed by atoms with Gasteiger partial charge in [0.25, 0.3) is 0 Å². The highest BCUT2D eigenvalue weighted by Gasteiger charge is 2.39. The van der Waals surface area contributed by atoms with Gasteiger partial charge in [0.15, 0.2) is 0 Å². The minimum atomic E-state index is -0.446. The van der Waals surface area contributed by atoms with Crippen molar-refractivity contribution in [1.29, 1.82) is 0 Å². The van der Waals surface area contributed by atoms with Gasteiger partial charge in [-0.25, -0.2) is 0 Å². The standard InChI is InChI=1S/C15H24ClNO5/c1-21-14-7-11(8-18)6-13(16)15(14)22-9-10-3-2-4-12(5-10)17(19)20/h8,10-15H,2-7,9H2,1H3. The number of alkyl halides is 1. The maximum Gasteiger partial charge on any atom is 0.213 e. The van der Waals surface area contributed by atoms with Gasteiger partial charge in [-0.1, -0.05) is 0 Å². The van der Waals surface area contributed by atoms with Gasteiger partial charge in [-0.15, -0.1) is 11.6 Å². The van der Waals surface area contributed by atoms with Crippen molar-refractivity contribution in [2.24, 2.45) is 11.8 Å². The van der Waals surface area contributed by atoms with E-state index in [1.807, 2.05) is 0 Å². The summed E-state index contributed by atoms with van der Waals surface area (Å²) in [6.45, 7) is 0.476. The fraction of sp³-hybridized carbons (Fsp3) is 0.933. The molecule has 0 heterocycles. The van der Waals surface area contributed by atoms with Crippen LogP contribution >= 0.6 is 11.6 Å².